The molecule has 0 amide bonds. The average Bonchev–Trinajstić information content (AvgIpc) is 2.44. The van der Waals surface area contributed by atoms with E-state index in [1.54, 1.807) is 0 Å². The fourth-order valence-electron chi connectivity index (χ4n) is 1.62. The van der Waals surface area contributed by atoms with Crippen LogP contribution in [-0.2, 0) is 6.42 Å². The molecule has 0 radical (unpaired) electrons. The molecule has 1 aromatic carbocycles. The zero-order valence-electron chi connectivity index (χ0n) is 10.6. The molecular formula is C13H15ClN4O. The molecular weight excluding hydrogens is 264 g/mol. The average molecular weight is 279 g/mol. The Labute approximate surface area is 116 Å². The fraction of sp³-hybridized carbons (Fsp3) is 0.231. The second-order valence-electron chi connectivity index (χ2n) is 3.99. The summed E-state index contributed by atoms with van der Waals surface area (Å²) in [4.78, 5) is 7.92. The van der Waals surface area contributed by atoms with Crippen LogP contribution in [0.25, 0.3) is 0 Å². The summed E-state index contributed by atoms with van der Waals surface area (Å²) >= 11 is 5.97. The van der Waals surface area contributed by atoms with E-state index in [1.165, 1.54) is 11.8 Å². The van der Waals surface area contributed by atoms with Crippen molar-refractivity contribution in [2.24, 2.45) is 5.84 Å². The number of nitrogens with one attached hydrogen (secondary N) is 1. The molecule has 0 atom stereocenters. The Morgan fingerprint density at radius 1 is 1.32 bits per heavy atom. The zero-order valence-corrected chi connectivity index (χ0v) is 11.3. The SMILES string of the molecule is CCCc1ccc(Oc2nc(NN)ncc2Cl)cc1. The van der Waals surface area contributed by atoms with Crippen LogP contribution in [0.1, 0.15) is 18.9 Å². The van der Waals surface area contributed by atoms with E-state index in [0.717, 1.165) is 12.8 Å². The zero-order chi connectivity index (χ0) is 13.7. The third-order valence-electron chi connectivity index (χ3n) is 2.52. The smallest absolute Gasteiger partial charge is 0.243 e. The van der Waals surface area contributed by atoms with Crippen molar-refractivity contribution in [3.05, 3.63) is 41.0 Å². The number of nitrogens with zero attached hydrogens (tertiary/aromatic N) is 2. The van der Waals surface area contributed by atoms with Crippen molar-refractivity contribution in [1.82, 2.24) is 9.97 Å². The Kier molecular flexibility index (Phi) is 4.54. The second-order valence-corrected chi connectivity index (χ2v) is 4.39. The molecule has 5 nitrogen and oxygen atoms in total. The standard InChI is InChI=1S/C13H15ClN4O/c1-2-3-9-4-6-10(7-5-9)19-12-11(14)8-16-13(17-12)18-15/h4-8H,2-3,15H2,1H3,(H,16,17,18). The van der Waals surface area contributed by atoms with Gasteiger partial charge in [-0.25, -0.2) is 10.8 Å². The minimum atomic E-state index is 0.252. The van der Waals surface area contributed by atoms with Crippen LogP contribution in [0, 0.1) is 0 Å². The van der Waals surface area contributed by atoms with E-state index in [-0.39, 0.29) is 11.8 Å². The van der Waals surface area contributed by atoms with Crippen LogP contribution in [0.15, 0.2) is 30.5 Å². The van der Waals surface area contributed by atoms with Gasteiger partial charge >= 0.3 is 0 Å². The summed E-state index contributed by atoms with van der Waals surface area (Å²) in [5.41, 5.74) is 3.62. The van der Waals surface area contributed by atoms with Crippen LogP contribution in [0.3, 0.4) is 0 Å². The van der Waals surface area contributed by atoms with E-state index in [4.69, 9.17) is 22.2 Å². The van der Waals surface area contributed by atoms with Gasteiger partial charge in [-0.05, 0) is 24.1 Å². The number of halogens is 1. The van der Waals surface area contributed by atoms with Gasteiger partial charge in [0.15, 0.2) is 0 Å². The van der Waals surface area contributed by atoms with Gasteiger partial charge in [0, 0.05) is 0 Å². The fourth-order valence-corrected chi connectivity index (χ4v) is 1.75. The van der Waals surface area contributed by atoms with Crippen molar-refractivity contribution in [3.63, 3.8) is 0 Å². The van der Waals surface area contributed by atoms with E-state index in [0.29, 0.717) is 10.8 Å². The first kappa shape index (κ1) is 13.6. The third kappa shape index (κ3) is 3.56. The highest BCUT2D eigenvalue weighted by atomic mass is 35.5. The van der Waals surface area contributed by atoms with E-state index in [1.807, 2.05) is 24.3 Å². The van der Waals surface area contributed by atoms with Crippen LogP contribution in [-0.4, -0.2) is 9.97 Å². The molecule has 0 saturated carbocycles. The predicted octanol–water partition coefficient (Wildman–Crippen LogP) is 3.16. The summed E-state index contributed by atoms with van der Waals surface area (Å²) < 4.78 is 5.61. The number of anilines is 1. The Morgan fingerprint density at radius 2 is 2.05 bits per heavy atom. The minimum absolute atomic E-state index is 0.252. The third-order valence-corrected chi connectivity index (χ3v) is 2.78. The molecule has 0 fully saturated rings. The van der Waals surface area contributed by atoms with E-state index in [2.05, 4.69) is 22.3 Å². The van der Waals surface area contributed by atoms with Gasteiger partial charge in [-0.3, -0.25) is 5.43 Å². The lowest BCUT2D eigenvalue weighted by Gasteiger charge is -2.08. The summed E-state index contributed by atoms with van der Waals surface area (Å²) in [6.07, 6.45) is 3.60. The lowest BCUT2D eigenvalue weighted by molar-refractivity contribution is 0.462. The maximum absolute atomic E-state index is 5.97. The van der Waals surface area contributed by atoms with Crippen LogP contribution in [0.4, 0.5) is 5.95 Å². The summed E-state index contributed by atoms with van der Waals surface area (Å²) in [5.74, 6) is 6.43. The normalized spacial score (nSPS) is 10.3. The molecule has 3 N–H and O–H groups in total. The second kappa shape index (κ2) is 6.36. The summed E-state index contributed by atoms with van der Waals surface area (Å²) in [5, 5.41) is 0.330. The van der Waals surface area contributed by atoms with Crippen molar-refractivity contribution in [2.75, 3.05) is 5.43 Å². The minimum Gasteiger partial charge on any atom is -0.437 e. The van der Waals surface area contributed by atoms with Gasteiger partial charge in [0.1, 0.15) is 10.8 Å². The first-order chi connectivity index (χ1) is 9.22. The molecule has 0 bridgehead atoms. The molecule has 0 aliphatic heterocycles. The summed E-state index contributed by atoms with van der Waals surface area (Å²) in [6.45, 7) is 2.15. The molecule has 0 unspecified atom stereocenters. The Balaban J connectivity index is 2.16. The number of hydrazine groups is 1. The molecule has 6 heteroatoms. The van der Waals surface area contributed by atoms with Gasteiger partial charge in [0.25, 0.3) is 0 Å². The van der Waals surface area contributed by atoms with E-state index < -0.39 is 0 Å². The van der Waals surface area contributed by atoms with Crippen LogP contribution < -0.4 is 16.0 Å². The maximum atomic E-state index is 5.97. The topological polar surface area (TPSA) is 73.1 Å². The lowest BCUT2D eigenvalue weighted by atomic mass is 10.1. The number of nitrogens with two attached hydrogens (primary N) is 1. The number of hydrogen-bond donors (Lipinski definition) is 2. The van der Waals surface area contributed by atoms with Crippen molar-refractivity contribution in [2.45, 2.75) is 19.8 Å². The summed E-state index contributed by atoms with van der Waals surface area (Å²) in [6, 6.07) is 7.82. The molecule has 2 rings (SSSR count). The van der Waals surface area contributed by atoms with Crippen molar-refractivity contribution < 1.29 is 4.74 Å². The van der Waals surface area contributed by atoms with Gasteiger partial charge in [-0.2, -0.15) is 4.98 Å². The van der Waals surface area contributed by atoms with Crippen molar-refractivity contribution in [3.8, 4) is 11.6 Å². The predicted molar refractivity (Wildman–Crippen MR) is 75.4 cm³/mol. The molecule has 0 saturated heterocycles. The monoisotopic (exact) mass is 278 g/mol. The summed E-state index contributed by atoms with van der Waals surface area (Å²) in [7, 11) is 0. The molecule has 1 aromatic heterocycles. The molecule has 2 aromatic rings. The van der Waals surface area contributed by atoms with Crippen LogP contribution >= 0.6 is 11.6 Å². The Hall–Kier alpha value is -1.85. The number of benzene rings is 1. The quantitative estimate of drug-likeness (QED) is 0.649. The molecule has 19 heavy (non-hydrogen) atoms. The molecule has 0 spiro atoms. The highest BCUT2D eigenvalue weighted by Gasteiger charge is 2.07. The van der Waals surface area contributed by atoms with Gasteiger partial charge < -0.3 is 4.74 Å². The number of aromatic nitrogens is 2. The van der Waals surface area contributed by atoms with Gasteiger partial charge in [-0.15, -0.1) is 0 Å². The molecule has 100 valence electrons. The highest BCUT2D eigenvalue weighted by molar-refractivity contribution is 6.31. The van der Waals surface area contributed by atoms with E-state index in [9.17, 15) is 0 Å². The molecule has 0 aliphatic carbocycles. The largest absolute Gasteiger partial charge is 0.437 e. The number of ether oxygens (including phenoxy) is 1. The number of nitrogen functional groups attached to an aromatic ring is 1. The van der Waals surface area contributed by atoms with Crippen LogP contribution in [0.2, 0.25) is 5.02 Å². The van der Waals surface area contributed by atoms with Crippen LogP contribution in [0.5, 0.6) is 11.6 Å². The molecule has 1 heterocycles. The van der Waals surface area contributed by atoms with Gasteiger partial charge in [0.2, 0.25) is 11.8 Å². The van der Waals surface area contributed by atoms with Crippen molar-refractivity contribution >= 4 is 17.5 Å². The first-order valence-electron chi connectivity index (χ1n) is 5.99. The van der Waals surface area contributed by atoms with Crippen molar-refractivity contribution in [1.29, 1.82) is 0 Å². The first-order valence-corrected chi connectivity index (χ1v) is 6.36. The Morgan fingerprint density at radius 3 is 2.68 bits per heavy atom. The van der Waals surface area contributed by atoms with E-state index >= 15 is 0 Å². The number of hydrogen-bond acceptors (Lipinski definition) is 5. The highest BCUT2D eigenvalue weighted by Crippen LogP contribution is 2.27. The lowest BCUT2D eigenvalue weighted by Crippen LogP contribution is -2.10. The molecule has 0 aliphatic rings. The van der Waals surface area contributed by atoms with Gasteiger partial charge in [0.05, 0.1) is 6.20 Å². The van der Waals surface area contributed by atoms with Gasteiger partial charge in [-0.1, -0.05) is 37.1 Å². The maximum Gasteiger partial charge on any atom is 0.243 e. The number of rotatable bonds is 5. The Bertz CT molecular complexity index is 545. The number of aryl methyl sites for hydroxylation is 1.